The van der Waals surface area contributed by atoms with Crippen LogP contribution in [0.2, 0.25) is 10.0 Å². The second kappa shape index (κ2) is 6.88. The smallest absolute Gasteiger partial charge is 0.239 e. The van der Waals surface area contributed by atoms with Gasteiger partial charge in [0.15, 0.2) is 0 Å². The fourth-order valence-electron chi connectivity index (χ4n) is 2.43. The Hall–Kier alpha value is -1.26. The Morgan fingerprint density at radius 3 is 2.18 bits per heavy atom. The molecule has 1 saturated carbocycles. The van der Waals surface area contributed by atoms with Crippen LogP contribution in [-0.4, -0.2) is 17.9 Å². The lowest BCUT2D eigenvalue weighted by Gasteiger charge is -2.25. The van der Waals surface area contributed by atoms with Crippen LogP contribution in [0.3, 0.4) is 0 Å². The van der Waals surface area contributed by atoms with Crippen LogP contribution in [0.25, 0.3) is 0 Å². The molecule has 0 bridgehead atoms. The Labute approximate surface area is 140 Å². The Balaban J connectivity index is 2.07. The number of benzene rings is 1. The summed E-state index contributed by atoms with van der Waals surface area (Å²) in [4.78, 5) is 24.8. The van der Waals surface area contributed by atoms with Gasteiger partial charge in [-0.05, 0) is 38.8 Å². The van der Waals surface area contributed by atoms with Crippen LogP contribution >= 0.6 is 23.2 Å². The summed E-state index contributed by atoms with van der Waals surface area (Å²) >= 11 is 12.1. The normalized spacial score (nSPS) is 15.6. The number of carbonyl (C=O) groups excluding carboxylic acids is 2. The van der Waals surface area contributed by atoms with Gasteiger partial charge >= 0.3 is 0 Å². The third kappa shape index (κ3) is 3.73. The molecule has 0 atom stereocenters. The van der Waals surface area contributed by atoms with Crippen molar-refractivity contribution >= 4 is 40.7 Å². The van der Waals surface area contributed by atoms with E-state index in [9.17, 15) is 9.59 Å². The van der Waals surface area contributed by atoms with Crippen molar-refractivity contribution in [2.45, 2.75) is 45.6 Å². The topological polar surface area (TPSA) is 58.2 Å². The van der Waals surface area contributed by atoms with Crippen molar-refractivity contribution in [2.75, 3.05) is 5.32 Å². The van der Waals surface area contributed by atoms with Crippen molar-refractivity contribution in [3.63, 3.8) is 0 Å². The first-order valence-corrected chi connectivity index (χ1v) is 8.14. The van der Waals surface area contributed by atoms with Crippen molar-refractivity contribution in [1.29, 1.82) is 0 Å². The van der Waals surface area contributed by atoms with E-state index in [0.717, 1.165) is 25.7 Å². The molecule has 1 aliphatic carbocycles. The Morgan fingerprint density at radius 2 is 1.64 bits per heavy atom. The van der Waals surface area contributed by atoms with Gasteiger partial charge in [-0.25, -0.2) is 0 Å². The fraction of sp³-hybridized carbons (Fsp3) is 0.500. The number of hydrogen-bond acceptors (Lipinski definition) is 2. The lowest BCUT2D eigenvalue weighted by Crippen LogP contribution is -2.48. The lowest BCUT2D eigenvalue weighted by atomic mass is 9.90. The summed E-state index contributed by atoms with van der Waals surface area (Å²) < 4.78 is 0. The number of anilines is 1. The van der Waals surface area contributed by atoms with Gasteiger partial charge in [0.2, 0.25) is 11.8 Å². The third-order valence-corrected chi connectivity index (χ3v) is 4.66. The SMILES string of the molecule is CC(C)(C(=O)Nc1c(Cl)cccc1Cl)C(=O)NC1CCCC1. The zero-order valence-electron chi connectivity index (χ0n) is 12.7. The van der Waals surface area contributed by atoms with Crippen molar-refractivity contribution in [1.82, 2.24) is 5.32 Å². The number of carbonyl (C=O) groups is 2. The molecule has 0 aliphatic heterocycles. The number of rotatable bonds is 4. The summed E-state index contributed by atoms with van der Waals surface area (Å²) in [6.07, 6.45) is 4.18. The van der Waals surface area contributed by atoms with E-state index in [-0.39, 0.29) is 11.9 Å². The zero-order valence-corrected chi connectivity index (χ0v) is 14.2. The summed E-state index contributed by atoms with van der Waals surface area (Å²) in [7, 11) is 0. The highest BCUT2D eigenvalue weighted by Crippen LogP contribution is 2.31. The molecule has 0 radical (unpaired) electrons. The molecular formula is C16H20Cl2N2O2. The highest BCUT2D eigenvalue weighted by atomic mass is 35.5. The first-order chi connectivity index (χ1) is 10.3. The quantitative estimate of drug-likeness (QED) is 0.812. The molecule has 2 amide bonds. The molecule has 1 aliphatic rings. The molecule has 22 heavy (non-hydrogen) atoms. The minimum atomic E-state index is -1.20. The number of para-hydroxylation sites is 1. The van der Waals surface area contributed by atoms with Crippen LogP contribution in [-0.2, 0) is 9.59 Å². The maximum Gasteiger partial charge on any atom is 0.239 e. The van der Waals surface area contributed by atoms with E-state index in [2.05, 4.69) is 10.6 Å². The van der Waals surface area contributed by atoms with Crippen molar-refractivity contribution in [3.8, 4) is 0 Å². The summed E-state index contributed by atoms with van der Waals surface area (Å²) in [5.41, 5.74) is -0.872. The molecule has 0 heterocycles. The largest absolute Gasteiger partial charge is 0.352 e. The van der Waals surface area contributed by atoms with Gasteiger partial charge < -0.3 is 10.6 Å². The Bertz CT molecular complexity index is 561. The van der Waals surface area contributed by atoms with Crippen LogP contribution in [0.4, 0.5) is 5.69 Å². The van der Waals surface area contributed by atoms with Crippen LogP contribution in [0.1, 0.15) is 39.5 Å². The highest BCUT2D eigenvalue weighted by Gasteiger charge is 2.37. The molecular weight excluding hydrogens is 323 g/mol. The van der Waals surface area contributed by atoms with Gasteiger partial charge in [-0.3, -0.25) is 9.59 Å². The van der Waals surface area contributed by atoms with Gasteiger partial charge in [0.1, 0.15) is 5.41 Å². The van der Waals surface area contributed by atoms with E-state index in [1.54, 1.807) is 32.0 Å². The molecule has 0 saturated heterocycles. The van der Waals surface area contributed by atoms with Crippen molar-refractivity contribution < 1.29 is 9.59 Å². The van der Waals surface area contributed by atoms with Gasteiger partial charge in [0.05, 0.1) is 15.7 Å². The average Bonchev–Trinajstić information content (AvgIpc) is 2.95. The first-order valence-electron chi connectivity index (χ1n) is 7.39. The molecule has 0 unspecified atom stereocenters. The molecule has 1 aromatic carbocycles. The standard InChI is InChI=1S/C16H20Cl2N2O2/c1-16(2,14(21)19-10-6-3-4-7-10)15(22)20-13-11(17)8-5-9-12(13)18/h5,8-10H,3-4,6-7H2,1-2H3,(H,19,21)(H,20,22). The van der Waals surface area contributed by atoms with Gasteiger partial charge in [-0.15, -0.1) is 0 Å². The minimum absolute atomic E-state index is 0.170. The van der Waals surface area contributed by atoms with Gasteiger partial charge in [-0.2, -0.15) is 0 Å². The molecule has 2 rings (SSSR count). The molecule has 0 spiro atoms. The van der Waals surface area contributed by atoms with E-state index in [1.807, 2.05) is 0 Å². The monoisotopic (exact) mass is 342 g/mol. The molecule has 2 N–H and O–H groups in total. The van der Waals surface area contributed by atoms with Gasteiger partial charge in [-0.1, -0.05) is 42.1 Å². The summed E-state index contributed by atoms with van der Waals surface area (Å²) in [6.45, 7) is 3.19. The molecule has 120 valence electrons. The number of halogens is 2. The Kier molecular flexibility index (Phi) is 5.35. The molecule has 4 nitrogen and oxygen atoms in total. The lowest BCUT2D eigenvalue weighted by molar-refractivity contribution is -0.138. The second-order valence-corrected chi connectivity index (χ2v) is 6.95. The van der Waals surface area contributed by atoms with Crippen molar-refractivity contribution in [3.05, 3.63) is 28.2 Å². The van der Waals surface area contributed by atoms with Crippen LogP contribution in [0.15, 0.2) is 18.2 Å². The van der Waals surface area contributed by atoms with E-state index < -0.39 is 11.3 Å². The fourth-order valence-corrected chi connectivity index (χ4v) is 2.92. The summed E-state index contributed by atoms with van der Waals surface area (Å²) in [6, 6.07) is 5.13. The van der Waals surface area contributed by atoms with Crippen LogP contribution in [0, 0.1) is 5.41 Å². The van der Waals surface area contributed by atoms with E-state index in [0.29, 0.717) is 15.7 Å². The zero-order chi connectivity index (χ0) is 16.3. The summed E-state index contributed by atoms with van der Waals surface area (Å²) in [5, 5.41) is 6.29. The maximum atomic E-state index is 12.5. The predicted molar refractivity (Wildman–Crippen MR) is 89.3 cm³/mol. The van der Waals surface area contributed by atoms with Gasteiger partial charge in [0.25, 0.3) is 0 Å². The molecule has 0 aromatic heterocycles. The number of nitrogens with one attached hydrogen (secondary N) is 2. The average molecular weight is 343 g/mol. The second-order valence-electron chi connectivity index (χ2n) is 6.13. The van der Waals surface area contributed by atoms with Crippen LogP contribution in [0.5, 0.6) is 0 Å². The third-order valence-electron chi connectivity index (χ3n) is 4.03. The van der Waals surface area contributed by atoms with Gasteiger partial charge in [0, 0.05) is 6.04 Å². The number of hydrogen-bond donors (Lipinski definition) is 2. The molecule has 1 fully saturated rings. The Morgan fingerprint density at radius 1 is 1.09 bits per heavy atom. The van der Waals surface area contributed by atoms with Crippen molar-refractivity contribution in [2.24, 2.45) is 5.41 Å². The summed E-state index contributed by atoms with van der Waals surface area (Å²) in [5.74, 6) is -0.710. The van der Waals surface area contributed by atoms with E-state index in [4.69, 9.17) is 23.2 Å². The van der Waals surface area contributed by atoms with E-state index >= 15 is 0 Å². The predicted octanol–water partition coefficient (Wildman–Crippen LogP) is 4.02. The molecule has 1 aromatic rings. The van der Waals surface area contributed by atoms with E-state index in [1.165, 1.54) is 0 Å². The first kappa shape index (κ1) is 17.1. The minimum Gasteiger partial charge on any atom is -0.352 e. The number of amides is 2. The highest BCUT2D eigenvalue weighted by molar-refractivity contribution is 6.40. The van der Waals surface area contributed by atoms with Crippen LogP contribution < -0.4 is 10.6 Å². The molecule has 6 heteroatoms. The maximum absolute atomic E-state index is 12.5.